The van der Waals surface area contributed by atoms with Gasteiger partial charge in [0.25, 0.3) is 5.91 Å². The van der Waals surface area contributed by atoms with E-state index in [0.29, 0.717) is 37.4 Å². The van der Waals surface area contributed by atoms with Crippen LogP contribution in [0.5, 0.6) is 11.5 Å². The average molecular weight is 404 g/mol. The zero-order valence-corrected chi connectivity index (χ0v) is 16.5. The van der Waals surface area contributed by atoms with E-state index < -0.39 is 10.0 Å². The molecule has 1 aliphatic heterocycles. The third-order valence-corrected chi connectivity index (χ3v) is 6.54. The number of amides is 1. The molecule has 3 rings (SSSR count). The fraction of sp³-hybridized carbons (Fsp3) is 0.350. The number of ether oxygens (including phenoxy) is 2. The lowest BCUT2D eigenvalue weighted by Gasteiger charge is -2.31. The second-order valence-electron chi connectivity index (χ2n) is 6.52. The smallest absolute Gasteiger partial charge is 0.258 e. The molecule has 1 heterocycles. The van der Waals surface area contributed by atoms with Crippen molar-refractivity contribution in [3.63, 3.8) is 0 Å². The van der Waals surface area contributed by atoms with Crippen LogP contribution in [0.3, 0.4) is 0 Å². The molecule has 1 N–H and O–H groups in total. The molecular formula is C20H24N2O5S. The van der Waals surface area contributed by atoms with E-state index in [2.05, 4.69) is 5.32 Å². The molecule has 0 saturated carbocycles. The van der Waals surface area contributed by atoms with Crippen LogP contribution in [0, 0.1) is 0 Å². The van der Waals surface area contributed by atoms with Crippen molar-refractivity contribution in [3.05, 3.63) is 54.6 Å². The summed E-state index contributed by atoms with van der Waals surface area (Å²) in [5, 5.41) is 2.91. The molecule has 1 fully saturated rings. The second kappa shape index (κ2) is 9.07. The van der Waals surface area contributed by atoms with Crippen molar-refractivity contribution in [1.82, 2.24) is 9.62 Å². The molecule has 1 saturated heterocycles. The standard InChI is InChI=1S/C20H24N2O5S/c1-26-17-7-9-19(10-8-17)28(24,25)22-13-11-16(12-14-22)21-20(23)15-27-18-5-3-2-4-6-18/h2-10,16H,11-15H2,1H3,(H,21,23). The molecule has 8 heteroatoms. The zero-order valence-electron chi connectivity index (χ0n) is 15.7. The van der Waals surface area contributed by atoms with Crippen molar-refractivity contribution >= 4 is 15.9 Å². The number of rotatable bonds is 7. The van der Waals surface area contributed by atoms with E-state index in [1.807, 2.05) is 18.2 Å². The average Bonchev–Trinajstić information content (AvgIpc) is 2.73. The number of sulfonamides is 1. The molecule has 0 aromatic heterocycles. The van der Waals surface area contributed by atoms with Crippen LogP contribution in [-0.4, -0.2) is 51.5 Å². The van der Waals surface area contributed by atoms with Gasteiger partial charge >= 0.3 is 0 Å². The maximum atomic E-state index is 12.8. The Hall–Kier alpha value is -2.58. The molecule has 1 aliphatic rings. The molecule has 0 atom stereocenters. The van der Waals surface area contributed by atoms with Crippen molar-refractivity contribution in [2.75, 3.05) is 26.8 Å². The van der Waals surface area contributed by atoms with Gasteiger partial charge < -0.3 is 14.8 Å². The van der Waals surface area contributed by atoms with E-state index in [4.69, 9.17) is 9.47 Å². The van der Waals surface area contributed by atoms with Crippen molar-refractivity contribution < 1.29 is 22.7 Å². The number of nitrogens with zero attached hydrogens (tertiary/aromatic N) is 1. The van der Waals surface area contributed by atoms with Gasteiger partial charge in [-0.2, -0.15) is 4.31 Å². The summed E-state index contributed by atoms with van der Waals surface area (Å²) in [4.78, 5) is 12.3. The SMILES string of the molecule is COc1ccc(S(=O)(=O)N2CCC(NC(=O)COc3ccccc3)CC2)cc1. The molecule has 0 radical (unpaired) electrons. The summed E-state index contributed by atoms with van der Waals surface area (Å²) in [6, 6.07) is 15.4. The van der Waals surface area contributed by atoms with Gasteiger partial charge in [-0.1, -0.05) is 18.2 Å². The van der Waals surface area contributed by atoms with Gasteiger partial charge in [0.2, 0.25) is 10.0 Å². The first-order valence-corrected chi connectivity index (χ1v) is 10.5. The quantitative estimate of drug-likeness (QED) is 0.763. The number of hydrogen-bond donors (Lipinski definition) is 1. The van der Waals surface area contributed by atoms with Crippen LogP contribution in [0.15, 0.2) is 59.5 Å². The number of carbonyl (C=O) groups excluding carboxylic acids is 1. The van der Waals surface area contributed by atoms with E-state index >= 15 is 0 Å². The summed E-state index contributed by atoms with van der Waals surface area (Å²) in [6.07, 6.45) is 1.12. The Morgan fingerprint density at radius 3 is 2.29 bits per heavy atom. The zero-order chi connectivity index (χ0) is 20.0. The summed E-state index contributed by atoms with van der Waals surface area (Å²) in [7, 11) is -2.01. The van der Waals surface area contributed by atoms with Crippen LogP contribution in [0.2, 0.25) is 0 Å². The maximum absolute atomic E-state index is 12.8. The Labute approximate surface area is 165 Å². The topological polar surface area (TPSA) is 84.9 Å². The largest absolute Gasteiger partial charge is 0.497 e. The highest BCUT2D eigenvalue weighted by molar-refractivity contribution is 7.89. The van der Waals surface area contributed by atoms with Gasteiger partial charge in [0, 0.05) is 19.1 Å². The van der Waals surface area contributed by atoms with Crippen LogP contribution >= 0.6 is 0 Å². The number of methoxy groups -OCH3 is 1. The fourth-order valence-corrected chi connectivity index (χ4v) is 4.54. The minimum atomic E-state index is -3.54. The van der Waals surface area contributed by atoms with Gasteiger partial charge in [0.15, 0.2) is 6.61 Å². The van der Waals surface area contributed by atoms with Gasteiger partial charge in [0.1, 0.15) is 11.5 Å². The van der Waals surface area contributed by atoms with Crippen LogP contribution in [-0.2, 0) is 14.8 Å². The minimum Gasteiger partial charge on any atom is -0.497 e. The minimum absolute atomic E-state index is 0.0609. The highest BCUT2D eigenvalue weighted by atomic mass is 32.2. The lowest BCUT2D eigenvalue weighted by Crippen LogP contribution is -2.47. The number of para-hydroxylation sites is 1. The maximum Gasteiger partial charge on any atom is 0.258 e. The molecule has 0 unspecified atom stereocenters. The van der Waals surface area contributed by atoms with Gasteiger partial charge in [-0.25, -0.2) is 8.42 Å². The summed E-state index contributed by atoms with van der Waals surface area (Å²) < 4.78 is 37.5. The van der Waals surface area contributed by atoms with E-state index in [0.717, 1.165) is 0 Å². The Morgan fingerprint density at radius 2 is 1.68 bits per heavy atom. The lowest BCUT2D eigenvalue weighted by atomic mass is 10.1. The molecule has 2 aromatic carbocycles. The number of carbonyl (C=O) groups is 1. The fourth-order valence-electron chi connectivity index (χ4n) is 3.07. The van der Waals surface area contributed by atoms with Gasteiger partial charge in [-0.3, -0.25) is 4.79 Å². The molecule has 0 aliphatic carbocycles. The predicted molar refractivity (Wildman–Crippen MR) is 105 cm³/mol. The van der Waals surface area contributed by atoms with E-state index in [1.165, 1.54) is 11.4 Å². The number of piperidine rings is 1. The monoisotopic (exact) mass is 404 g/mol. The summed E-state index contributed by atoms with van der Waals surface area (Å²) in [5.41, 5.74) is 0. The van der Waals surface area contributed by atoms with E-state index in [1.54, 1.807) is 36.4 Å². The molecular weight excluding hydrogens is 380 g/mol. The normalized spacial score (nSPS) is 15.8. The molecule has 28 heavy (non-hydrogen) atoms. The third-order valence-electron chi connectivity index (χ3n) is 4.63. The first kappa shape index (κ1) is 20.2. The molecule has 2 aromatic rings. The lowest BCUT2D eigenvalue weighted by molar-refractivity contribution is -0.124. The van der Waals surface area contributed by atoms with E-state index in [9.17, 15) is 13.2 Å². The Kier molecular flexibility index (Phi) is 6.53. The van der Waals surface area contributed by atoms with Crippen molar-refractivity contribution in [2.45, 2.75) is 23.8 Å². The number of nitrogens with one attached hydrogen (secondary N) is 1. The highest BCUT2D eigenvalue weighted by Gasteiger charge is 2.30. The first-order chi connectivity index (χ1) is 13.5. The summed E-state index contributed by atoms with van der Waals surface area (Å²) in [5.74, 6) is 1.04. The second-order valence-corrected chi connectivity index (χ2v) is 8.46. The van der Waals surface area contributed by atoms with Crippen LogP contribution in [0.4, 0.5) is 0 Å². The van der Waals surface area contributed by atoms with Gasteiger partial charge in [-0.05, 0) is 49.2 Å². The Morgan fingerprint density at radius 1 is 1.04 bits per heavy atom. The van der Waals surface area contributed by atoms with Crippen LogP contribution < -0.4 is 14.8 Å². The van der Waals surface area contributed by atoms with Crippen molar-refractivity contribution in [2.24, 2.45) is 0 Å². The molecule has 0 spiro atoms. The Balaban J connectivity index is 1.48. The van der Waals surface area contributed by atoms with E-state index in [-0.39, 0.29) is 23.5 Å². The molecule has 150 valence electrons. The number of hydrogen-bond acceptors (Lipinski definition) is 5. The van der Waals surface area contributed by atoms with Gasteiger partial charge in [0.05, 0.1) is 12.0 Å². The predicted octanol–water partition coefficient (Wildman–Crippen LogP) is 2.04. The third kappa shape index (κ3) is 5.02. The van der Waals surface area contributed by atoms with Crippen LogP contribution in [0.25, 0.3) is 0 Å². The highest BCUT2D eigenvalue weighted by Crippen LogP contribution is 2.22. The summed E-state index contributed by atoms with van der Waals surface area (Å²) >= 11 is 0. The van der Waals surface area contributed by atoms with Gasteiger partial charge in [-0.15, -0.1) is 0 Å². The Bertz CT molecular complexity index is 877. The van der Waals surface area contributed by atoms with Crippen LogP contribution in [0.1, 0.15) is 12.8 Å². The number of benzene rings is 2. The molecule has 7 nitrogen and oxygen atoms in total. The first-order valence-electron chi connectivity index (χ1n) is 9.10. The molecule has 1 amide bonds. The van der Waals surface area contributed by atoms with Crippen molar-refractivity contribution in [1.29, 1.82) is 0 Å². The van der Waals surface area contributed by atoms with Crippen molar-refractivity contribution in [3.8, 4) is 11.5 Å². The molecule has 0 bridgehead atoms. The summed E-state index contributed by atoms with van der Waals surface area (Å²) in [6.45, 7) is 0.659.